The summed E-state index contributed by atoms with van der Waals surface area (Å²) in [4.78, 5) is 21.5. The number of carbonyl (C=O) groups is 1. The molecule has 0 spiro atoms. The second-order valence-corrected chi connectivity index (χ2v) is 7.02. The van der Waals surface area contributed by atoms with Crippen molar-refractivity contribution in [1.29, 1.82) is 0 Å². The van der Waals surface area contributed by atoms with Gasteiger partial charge in [-0.1, -0.05) is 30.3 Å². The summed E-state index contributed by atoms with van der Waals surface area (Å²) in [5.41, 5.74) is 2.02. The van der Waals surface area contributed by atoms with Crippen molar-refractivity contribution >= 4 is 5.97 Å². The number of hydrogen-bond donors (Lipinski definition) is 0. The van der Waals surface area contributed by atoms with E-state index in [-0.39, 0.29) is 25.8 Å². The van der Waals surface area contributed by atoms with Crippen molar-refractivity contribution < 1.29 is 47.6 Å². The van der Waals surface area contributed by atoms with E-state index in [4.69, 9.17) is 0 Å². The molecule has 0 unspecified atom stereocenters. The number of carboxylic acids is 1. The molecule has 2 aromatic carbocycles. The predicted octanol–water partition coefficient (Wildman–Crippen LogP) is 5.10. The van der Waals surface area contributed by atoms with Crippen LogP contribution in [0.4, 0.5) is 17.6 Å². The molecule has 0 atom stereocenters. The summed E-state index contributed by atoms with van der Waals surface area (Å²) in [6.45, 7) is 0. The summed E-state index contributed by atoms with van der Waals surface area (Å²) in [5, 5.41) is 10.0. The normalized spacial score (nSPS) is 9.58. The summed E-state index contributed by atoms with van der Waals surface area (Å²) in [7, 11) is 0. The van der Waals surface area contributed by atoms with Gasteiger partial charge in [-0.15, -0.1) is 47.5 Å². The summed E-state index contributed by atoms with van der Waals surface area (Å²) in [6, 6.07) is 24.4. The van der Waals surface area contributed by atoms with Crippen molar-refractivity contribution in [2.24, 2.45) is 0 Å². The Kier molecular flexibility index (Phi) is 11.9. The molecule has 0 fully saturated rings. The van der Waals surface area contributed by atoms with Gasteiger partial charge in [-0.25, -0.2) is 8.78 Å². The van der Waals surface area contributed by atoms with Gasteiger partial charge >= 0.3 is 20.1 Å². The minimum absolute atomic E-state index is 0. The third-order valence-corrected chi connectivity index (χ3v) is 4.46. The smallest absolute Gasteiger partial charge is 0.543 e. The first-order chi connectivity index (χ1) is 17.8. The van der Waals surface area contributed by atoms with Gasteiger partial charge in [-0.3, -0.25) is 13.8 Å². The molecule has 0 aliphatic carbocycles. The largest absolute Gasteiger partial charge is 3.00 e. The van der Waals surface area contributed by atoms with E-state index in [1.54, 1.807) is 60.9 Å². The van der Waals surface area contributed by atoms with Gasteiger partial charge in [0.1, 0.15) is 0 Å². The van der Waals surface area contributed by atoms with Crippen LogP contribution in [-0.2, 0) is 20.1 Å². The van der Waals surface area contributed by atoms with E-state index in [0.29, 0.717) is 22.5 Å². The van der Waals surface area contributed by atoms with Gasteiger partial charge in [0.2, 0.25) is 0 Å². The van der Waals surface area contributed by atoms with E-state index in [2.05, 4.69) is 27.1 Å². The number of hydrogen-bond acceptors (Lipinski definition) is 5. The molecule has 0 saturated carbocycles. The van der Waals surface area contributed by atoms with E-state index in [1.165, 1.54) is 12.3 Å². The molecule has 0 saturated heterocycles. The standard InChI is InChI=1S/2C11H6F2N.C6H5NO2.Ir/c2*12-9-5-4-8(7-10(9)13)11-3-1-2-6-14-11;8-6(9)5-3-1-2-4-7-5;/h2*1-3,5-7H;1-4H,(H,8,9);/q2*-1;;+3/p-1. The Morgan fingerprint density at radius 3 is 1.34 bits per heavy atom. The van der Waals surface area contributed by atoms with Gasteiger partial charge in [-0.05, 0) is 35.7 Å². The monoisotopic (exact) mass is 695 g/mol. The van der Waals surface area contributed by atoms with Gasteiger partial charge < -0.3 is 19.9 Å². The molecule has 0 aliphatic rings. The van der Waals surface area contributed by atoms with Crippen LogP contribution < -0.4 is 5.11 Å². The number of benzene rings is 2. The first-order valence-corrected chi connectivity index (χ1v) is 10.5. The molecule has 3 heterocycles. The fraction of sp³-hybridized carbons (Fsp3) is 0. The second-order valence-electron chi connectivity index (χ2n) is 7.02. The number of carboxylic acid groups (broad SMARTS) is 1. The Hall–Kier alpha value is -4.27. The van der Waals surface area contributed by atoms with Gasteiger partial charge in [0.15, 0.2) is 0 Å². The topological polar surface area (TPSA) is 78.8 Å². The summed E-state index contributed by atoms with van der Waals surface area (Å²) in [6.07, 6.45) is 4.58. The Labute approximate surface area is 229 Å². The molecular formula is C28H16F4IrN3O2. The molecule has 0 N–H and O–H groups in total. The zero-order valence-electron chi connectivity index (χ0n) is 19.2. The number of nitrogens with zero attached hydrogens (tertiary/aromatic N) is 3. The Balaban J connectivity index is 0.000000203. The number of carbonyl (C=O) groups excluding carboxylic acids is 1. The summed E-state index contributed by atoms with van der Waals surface area (Å²) < 4.78 is 50.9. The van der Waals surface area contributed by atoms with Crippen LogP contribution in [0.15, 0.2) is 97.5 Å². The molecule has 0 radical (unpaired) electrons. The van der Waals surface area contributed by atoms with Crippen LogP contribution in [0.2, 0.25) is 0 Å². The maximum absolute atomic E-state index is 12.8. The van der Waals surface area contributed by atoms with Gasteiger partial charge in [-0.2, -0.15) is 0 Å². The van der Waals surface area contributed by atoms with Crippen molar-refractivity contribution in [2.45, 2.75) is 0 Å². The van der Waals surface area contributed by atoms with Crippen molar-refractivity contribution in [3.63, 3.8) is 0 Å². The minimum Gasteiger partial charge on any atom is -0.543 e. The van der Waals surface area contributed by atoms with Gasteiger partial charge in [0.05, 0.1) is 34.9 Å². The molecule has 0 amide bonds. The number of pyridine rings is 3. The third-order valence-electron chi connectivity index (χ3n) is 4.46. The number of rotatable bonds is 3. The van der Waals surface area contributed by atoms with E-state index in [9.17, 15) is 27.5 Å². The molecule has 5 aromatic rings. The maximum atomic E-state index is 12.8. The summed E-state index contributed by atoms with van der Waals surface area (Å²) >= 11 is 0. The molecular weight excluding hydrogens is 679 g/mol. The fourth-order valence-electron chi connectivity index (χ4n) is 2.72. The predicted molar refractivity (Wildman–Crippen MR) is 125 cm³/mol. The zero-order valence-corrected chi connectivity index (χ0v) is 21.6. The van der Waals surface area contributed by atoms with E-state index < -0.39 is 29.2 Å². The van der Waals surface area contributed by atoms with Crippen LogP contribution in [0.25, 0.3) is 22.5 Å². The zero-order chi connectivity index (χ0) is 26.6. The van der Waals surface area contributed by atoms with E-state index in [0.717, 1.165) is 24.3 Å². The third kappa shape index (κ3) is 8.99. The number of aromatic nitrogens is 3. The quantitative estimate of drug-likeness (QED) is 0.194. The molecule has 3 aromatic heterocycles. The van der Waals surface area contributed by atoms with Crippen molar-refractivity contribution in [2.75, 3.05) is 0 Å². The molecule has 5 rings (SSSR count). The van der Waals surface area contributed by atoms with E-state index >= 15 is 0 Å². The Bertz CT molecular complexity index is 1360. The molecule has 10 heteroatoms. The first kappa shape index (κ1) is 30.0. The second kappa shape index (κ2) is 15.1. The first-order valence-electron chi connectivity index (χ1n) is 10.5. The molecule has 38 heavy (non-hydrogen) atoms. The van der Waals surface area contributed by atoms with Crippen LogP contribution in [0, 0.1) is 35.4 Å². The average molecular weight is 695 g/mol. The minimum atomic E-state index is -1.24. The maximum Gasteiger partial charge on any atom is 3.00 e. The average Bonchev–Trinajstić information content (AvgIpc) is 2.94. The Morgan fingerprint density at radius 2 is 1.05 bits per heavy atom. The van der Waals surface area contributed by atoms with Crippen LogP contribution in [0.1, 0.15) is 10.5 Å². The SMILES string of the molecule is Fc1c[c-]c(-c2ccccn2)cc1F.Fc1c[c-]c(-c2ccccn2)cc1F.O=C([O-])c1ccccn1.[Ir+3]. The van der Waals surface area contributed by atoms with Crippen LogP contribution in [0.3, 0.4) is 0 Å². The van der Waals surface area contributed by atoms with Gasteiger partial charge in [0.25, 0.3) is 0 Å². The summed E-state index contributed by atoms with van der Waals surface area (Å²) in [5.74, 6) is -4.81. The van der Waals surface area contributed by atoms with Crippen molar-refractivity contribution in [3.05, 3.63) is 139 Å². The molecule has 0 aliphatic heterocycles. The van der Waals surface area contributed by atoms with E-state index in [1.807, 2.05) is 0 Å². The van der Waals surface area contributed by atoms with Crippen molar-refractivity contribution in [1.82, 2.24) is 15.0 Å². The van der Waals surface area contributed by atoms with Crippen LogP contribution >= 0.6 is 0 Å². The Morgan fingerprint density at radius 1 is 0.632 bits per heavy atom. The number of aromatic carboxylic acids is 1. The van der Waals surface area contributed by atoms with Gasteiger partial charge in [0, 0.05) is 18.6 Å². The number of halogens is 4. The molecule has 192 valence electrons. The molecule has 0 bridgehead atoms. The van der Waals surface area contributed by atoms with Crippen LogP contribution in [0.5, 0.6) is 0 Å². The van der Waals surface area contributed by atoms with Crippen LogP contribution in [-0.4, -0.2) is 20.9 Å². The molecule has 5 nitrogen and oxygen atoms in total. The van der Waals surface area contributed by atoms with Crippen molar-refractivity contribution in [3.8, 4) is 22.5 Å². The fourth-order valence-corrected chi connectivity index (χ4v) is 2.72.